The zero-order chi connectivity index (χ0) is 12.4. The van der Waals surface area contributed by atoms with Crippen LogP contribution in [0.15, 0.2) is 36.5 Å². The molecule has 0 saturated heterocycles. The third kappa shape index (κ3) is 2.26. The molecule has 0 aliphatic heterocycles. The summed E-state index contributed by atoms with van der Waals surface area (Å²) in [6, 6.07) is 11.2. The van der Waals surface area contributed by atoms with Crippen LogP contribution in [0.25, 0.3) is 11.3 Å². The van der Waals surface area contributed by atoms with E-state index < -0.39 is 0 Å². The molecule has 0 radical (unpaired) electrons. The number of nitrogens with zero attached hydrogens (tertiary/aromatic N) is 1. The first kappa shape index (κ1) is 11.3. The van der Waals surface area contributed by atoms with E-state index in [-0.39, 0.29) is 0 Å². The van der Waals surface area contributed by atoms with Crippen molar-refractivity contribution in [1.82, 2.24) is 10.2 Å². The molecule has 3 rings (SSSR count). The molecule has 3 nitrogen and oxygen atoms in total. The van der Waals surface area contributed by atoms with Crippen LogP contribution in [0.2, 0.25) is 0 Å². The SMILES string of the molecule is CC1CCCC1Nc1ccc(-c2ccn[nH]2)cc1. The first-order chi connectivity index (χ1) is 8.83. The van der Waals surface area contributed by atoms with Crippen LogP contribution >= 0.6 is 0 Å². The Morgan fingerprint density at radius 1 is 1.17 bits per heavy atom. The van der Waals surface area contributed by atoms with Gasteiger partial charge in [0.2, 0.25) is 0 Å². The van der Waals surface area contributed by atoms with Crippen LogP contribution in [0.4, 0.5) is 5.69 Å². The van der Waals surface area contributed by atoms with Gasteiger partial charge in [-0.05, 0) is 42.5 Å². The zero-order valence-electron chi connectivity index (χ0n) is 10.7. The summed E-state index contributed by atoms with van der Waals surface area (Å²) in [6.07, 6.45) is 5.78. The van der Waals surface area contributed by atoms with Crippen LogP contribution in [0, 0.1) is 5.92 Å². The minimum atomic E-state index is 0.642. The van der Waals surface area contributed by atoms with Gasteiger partial charge in [0.1, 0.15) is 0 Å². The number of aromatic nitrogens is 2. The number of H-pyrrole nitrogens is 1. The van der Waals surface area contributed by atoms with Gasteiger partial charge in [-0.1, -0.05) is 25.5 Å². The van der Waals surface area contributed by atoms with Gasteiger partial charge in [-0.3, -0.25) is 5.10 Å². The number of benzene rings is 1. The Morgan fingerprint density at radius 3 is 2.61 bits per heavy atom. The Balaban J connectivity index is 1.71. The fraction of sp³-hybridized carbons (Fsp3) is 0.400. The second-order valence-corrected chi connectivity index (χ2v) is 5.21. The minimum Gasteiger partial charge on any atom is -0.382 e. The van der Waals surface area contributed by atoms with Crippen LogP contribution in [0.1, 0.15) is 26.2 Å². The zero-order valence-corrected chi connectivity index (χ0v) is 10.7. The number of hydrogen-bond acceptors (Lipinski definition) is 2. The van der Waals surface area contributed by atoms with Crippen molar-refractivity contribution in [1.29, 1.82) is 0 Å². The normalized spacial score (nSPS) is 23.2. The third-order valence-corrected chi connectivity index (χ3v) is 3.91. The number of rotatable bonds is 3. The molecule has 2 aromatic rings. The summed E-state index contributed by atoms with van der Waals surface area (Å²) in [7, 11) is 0. The van der Waals surface area contributed by atoms with Crippen molar-refractivity contribution in [2.45, 2.75) is 32.2 Å². The Morgan fingerprint density at radius 2 is 2.00 bits per heavy atom. The highest BCUT2D eigenvalue weighted by Crippen LogP contribution is 2.28. The molecule has 1 aliphatic rings. The minimum absolute atomic E-state index is 0.642. The molecule has 1 saturated carbocycles. The maximum Gasteiger partial charge on any atom is 0.0650 e. The van der Waals surface area contributed by atoms with Gasteiger partial charge in [-0.15, -0.1) is 0 Å². The van der Waals surface area contributed by atoms with Gasteiger partial charge in [0.25, 0.3) is 0 Å². The third-order valence-electron chi connectivity index (χ3n) is 3.91. The molecule has 1 heterocycles. The first-order valence-corrected chi connectivity index (χ1v) is 6.69. The largest absolute Gasteiger partial charge is 0.382 e. The maximum atomic E-state index is 3.97. The fourth-order valence-electron chi connectivity index (χ4n) is 2.74. The van der Waals surface area contributed by atoms with Gasteiger partial charge < -0.3 is 5.32 Å². The first-order valence-electron chi connectivity index (χ1n) is 6.69. The topological polar surface area (TPSA) is 40.7 Å². The summed E-state index contributed by atoms with van der Waals surface area (Å²) in [5.41, 5.74) is 3.46. The Kier molecular flexibility index (Phi) is 3.05. The second-order valence-electron chi connectivity index (χ2n) is 5.21. The molecule has 1 aliphatic carbocycles. The summed E-state index contributed by atoms with van der Waals surface area (Å²) in [6.45, 7) is 2.34. The molecule has 2 atom stereocenters. The van der Waals surface area contributed by atoms with E-state index in [1.807, 2.05) is 6.07 Å². The number of anilines is 1. The summed E-state index contributed by atoms with van der Waals surface area (Å²) < 4.78 is 0. The van der Waals surface area contributed by atoms with E-state index in [2.05, 4.69) is 46.7 Å². The Bertz CT molecular complexity index is 487. The van der Waals surface area contributed by atoms with Crippen LogP contribution in [0.5, 0.6) is 0 Å². The average Bonchev–Trinajstić information content (AvgIpc) is 3.03. The van der Waals surface area contributed by atoms with Gasteiger partial charge in [-0.2, -0.15) is 5.10 Å². The van der Waals surface area contributed by atoms with Gasteiger partial charge in [0.15, 0.2) is 0 Å². The Hall–Kier alpha value is -1.77. The fourth-order valence-corrected chi connectivity index (χ4v) is 2.74. The lowest BCUT2D eigenvalue weighted by atomic mass is 10.1. The predicted molar refractivity (Wildman–Crippen MR) is 74.4 cm³/mol. The number of nitrogens with one attached hydrogen (secondary N) is 2. The van der Waals surface area contributed by atoms with Crippen LogP contribution < -0.4 is 5.32 Å². The van der Waals surface area contributed by atoms with E-state index in [1.165, 1.54) is 30.5 Å². The van der Waals surface area contributed by atoms with E-state index in [0.717, 1.165) is 11.6 Å². The van der Waals surface area contributed by atoms with Gasteiger partial charge in [0, 0.05) is 17.9 Å². The van der Waals surface area contributed by atoms with E-state index >= 15 is 0 Å². The number of hydrogen-bond donors (Lipinski definition) is 2. The van der Waals surface area contributed by atoms with Crippen LogP contribution in [0.3, 0.4) is 0 Å². The van der Waals surface area contributed by atoms with Gasteiger partial charge in [0.05, 0.1) is 5.69 Å². The van der Waals surface area contributed by atoms with Crippen molar-refractivity contribution in [3.63, 3.8) is 0 Å². The van der Waals surface area contributed by atoms with Gasteiger partial charge >= 0.3 is 0 Å². The van der Waals surface area contributed by atoms with E-state index in [1.54, 1.807) is 6.20 Å². The highest BCUT2D eigenvalue weighted by Gasteiger charge is 2.22. The van der Waals surface area contributed by atoms with Crippen molar-refractivity contribution >= 4 is 5.69 Å². The summed E-state index contributed by atoms with van der Waals surface area (Å²) in [4.78, 5) is 0. The molecule has 1 aromatic carbocycles. The van der Waals surface area contributed by atoms with Crippen molar-refractivity contribution in [2.24, 2.45) is 5.92 Å². The standard InChI is InChI=1S/C15H19N3/c1-11-3-2-4-14(11)17-13-7-5-12(6-8-13)15-9-10-16-18-15/h5-11,14,17H,2-4H2,1H3,(H,16,18). The van der Waals surface area contributed by atoms with E-state index in [9.17, 15) is 0 Å². The maximum absolute atomic E-state index is 3.97. The average molecular weight is 241 g/mol. The number of aromatic amines is 1. The second kappa shape index (κ2) is 4.84. The quantitative estimate of drug-likeness (QED) is 0.860. The molecule has 0 bridgehead atoms. The molecule has 18 heavy (non-hydrogen) atoms. The summed E-state index contributed by atoms with van der Waals surface area (Å²) >= 11 is 0. The smallest absolute Gasteiger partial charge is 0.0650 e. The highest BCUT2D eigenvalue weighted by molar-refractivity contribution is 5.62. The van der Waals surface area contributed by atoms with Crippen molar-refractivity contribution < 1.29 is 0 Å². The lowest BCUT2D eigenvalue weighted by Gasteiger charge is -2.18. The monoisotopic (exact) mass is 241 g/mol. The van der Waals surface area contributed by atoms with Gasteiger partial charge in [-0.25, -0.2) is 0 Å². The van der Waals surface area contributed by atoms with Crippen LogP contribution in [-0.2, 0) is 0 Å². The molecule has 1 fully saturated rings. The molecule has 0 spiro atoms. The van der Waals surface area contributed by atoms with E-state index in [4.69, 9.17) is 0 Å². The lowest BCUT2D eigenvalue weighted by Crippen LogP contribution is -2.21. The molecule has 94 valence electrons. The van der Waals surface area contributed by atoms with Crippen LogP contribution in [-0.4, -0.2) is 16.2 Å². The molecule has 0 amide bonds. The molecular formula is C15H19N3. The molecule has 1 aromatic heterocycles. The summed E-state index contributed by atoms with van der Waals surface area (Å²) in [5, 5.41) is 10.6. The molecule has 3 heteroatoms. The van der Waals surface area contributed by atoms with Crippen molar-refractivity contribution in [2.75, 3.05) is 5.32 Å². The van der Waals surface area contributed by atoms with Crippen molar-refractivity contribution in [3.8, 4) is 11.3 Å². The van der Waals surface area contributed by atoms with Crippen molar-refractivity contribution in [3.05, 3.63) is 36.5 Å². The molecule has 2 unspecified atom stereocenters. The highest BCUT2D eigenvalue weighted by atomic mass is 15.1. The summed E-state index contributed by atoms with van der Waals surface area (Å²) in [5.74, 6) is 0.789. The predicted octanol–water partition coefficient (Wildman–Crippen LogP) is 3.68. The van der Waals surface area contributed by atoms with E-state index in [0.29, 0.717) is 6.04 Å². The molecule has 2 N–H and O–H groups in total. The Labute approximate surface area is 108 Å². The molecular weight excluding hydrogens is 222 g/mol. The lowest BCUT2D eigenvalue weighted by molar-refractivity contribution is 0.556.